The minimum absolute atomic E-state index is 0.149. The van der Waals surface area contributed by atoms with Crippen molar-refractivity contribution in [2.24, 2.45) is 5.41 Å². The summed E-state index contributed by atoms with van der Waals surface area (Å²) in [6.07, 6.45) is 4.88. The highest BCUT2D eigenvalue weighted by Gasteiger charge is 2.65. The Kier molecular flexibility index (Phi) is 5.28. The minimum atomic E-state index is -0.755. The van der Waals surface area contributed by atoms with Crippen LogP contribution in [0.15, 0.2) is 30.3 Å². The molecule has 8 heteroatoms. The molecule has 0 saturated heterocycles. The lowest BCUT2D eigenvalue weighted by atomic mass is 9.57. The number of nitrogens with zero attached hydrogens (tertiary/aromatic N) is 3. The number of nitrogen functional groups attached to an aromatic ring is 1. The quantitative estimate of drug-likeness (QED) is 0.625. The van der Waals surface area contributed by atoms with Crippen LogP contribution in [-0.4, -0.2) is 29.1 Å². The summed E-state index contributed by atoms with van der Waals surface area (Å²) >= 11 is 0. The lowest BCUT2D eigenvalue weighted by Crippen LogP contribution is -2.52. The van der Waals surface area contributed by atoms with E-state index in [0.717, 1.165) is 55.6 Å². The molecule has 182 valence electrons. The van der Waals surface area contributed by atoms with E-state index in [4.69, 9.17) is 15.5 Å². The summed E-state index contributed by atoms with van der Waals surface area (Å²) in [6.45, 7) is 6.13. The van der Waals surface area contributed by atoms with Crippen LogP contribution in [0.4, 0.5) is 21.9 Å². The lowest BCUT2D eigenvalue weighted by molar-refractivity contribution is -0.127. The maximum atomic E-state index is 13.7. The molecule has 2 saturated carbocycles. The number of hydrogen-bond acceptors (Lipinski definition) is 6. The zero-order valence-corrected chi connectivity index (χ0v) is 20.5. The number of carbonyl (C=O) groups excluding carboxylic acids is 2. The van der Waals surface area contributed by atoms with Gasteiger partial charge in [0.2, 0.25) is 5.91 Å². The van der Waals surface area contributed by atoms with Gasteiger partial charge in [-0.05, 0) is 95.0 Å². The monoisotopic (exact) mass is 473 g/mol. The summed E-state index contributed by atoms with van der Waals surface area (Å²) in [6, 6.07) is 10.7. The van der Waals surface area contributed by atoms with Gasteiger partial charge in [0.25, 0.3) is 0 Å². The largest absolute Gasteiger partial charge is 0.443 e. The van der Waals surface area contributed by atoms with Crippen molar-refractivity contribution in [1.82, 2.24) is 4.98 Å². The number of rotatable bonds is 3. The van der Waals surface area contributed by atoms with E-state index >= 15 is 0 Å². The maximum absolute atomic E-state index is 13.7. The highest BCUT2D eigenvalue weighted by Crippen LogP contribution is 2.69. The first kappa shape index (κ1) is 23.2. The van der Waals surface area contributed by atoms with E-state index in [-0.39, 0.29) is 17.4 Å². The molecule has 0 bridgehead atoms. The van der Waals surface area contributed by atoms with Gasteiger partial charge in [0.1, 0.15) is 5.60 Å². The van der Waals surface area contributed by atoms with Crippen LogP contribution in [0.2, 0.25) is 0 Å². The van der Waals surface area contributed by atoms with Crippen LogP contribution in [0, 0.1) is 16.7 Å². The number of aromatic nitrogens is 1. The van der Waals surface area contributed by atoms with Gasteiger partial charge in [0.15, 0.2) is 0 Å². The Balaban J connectivity index is 1.45. The van der Waals surface area contributed by atoms with Crippen molar-refractivity contribution in [2.45, 2.75) is 70.3 Å². The number of hydrogen-bond donors (Lipinski definition) is 2. The standard InChI is InChI=1S/C27H31N5O3/c1-25(2,3)35-24(34)32-12-4-5-19-21(32)8-9-22(30-19)27(15-26(16-27)10-11-26)23(33)31-20-13-17(14-28)6-7-18(20)29/h6-9,13H,4-5,10-12,15-16,29H2,1-3H3,(H,31,33). The Morgan fingerprint density at radius 3 is 2.60 bits per heavy atom. The van der Waals surface area contributed by atoms with Gasteiger partial charge >= 0.3 is 6.09 Å². The Morgan fingerprint density at radius 1 is 1.20 bits per heavy atom. The van der Waals surface area contributed by atoms with Crippen molar-refractivity contribution in [1.29, 1.82) is 5.26 Å². The summed E-state index contributed by atoms with van der Waals surface area (Å²) in [7, 11) is 0. The first-order valence-electron chi connectivity index (χ1n) is 12.2. The van der Waals surface area contributed by atoms with E-state index in [2.05, 4.69) is 11.4 Å². The molecule has 0 atom stereocenters. The zero-order chi connectivity index (χ0) is 25.0. The fourth-order valence-corrected chi connectivity index (χ4v) is 5.41. The molecule has 8 nitrogen and oxygen atoms in total. The molecule has 1 aliphatic heterocycles. The Bertz CT molecular complexity index is 1240. The topological polar surface area (TPSA) is 121 Å². The Morgan fingerprint density at radius 2 is 1.94 bits per heavy atom. The van der Waals surface area contributed by atoms with E-state index in [1.54, 1.807) is 23.1 Å². The molecule has 1 aromatic carbocycles. The summed E-state index contributed by atoms with van der Waals surface area (Å²) in [5.74, 6) is -0.149. The van der Waals surface area contributed by atoms with E-state index in [0.29, 0.717) is 23.5 Å². The molecule has 1 aromatic heterocycles. The van der Waals surface area contributed by atoms with E-state index in [9.17, 15) is 14.9 Å². The summed E-state index contributed by atoms with van der Waals surface area (Å²) in [5.41, 5.74) is 8.57. The number of ether oxygens (including phenoxy) is 1. The third kappa shape index (κ3) is 4.20. The molecule has 2 heterocycles. The van der Waals surface area contributed by atoms with Crippen molar-refractivity contribution in [2.75, 3.05) is 22.5 Å². The second-order valence-electron chi connectivity index (χ2n) is 11.2. The van der Waals surface area contributed by atoms with E-state index < -0.39 is 11.0 Å². The zero-order valence-electron chi connectivity index (χ0n) is 20.5. The maximum Gasteiger partial charge on any atom is 0.414 e. The molecule has 2 aliphatic carbocycles. The Labute approximate surface area is 205 Å². The predicted molar refractivity (Wildman–Crippen MR) is 133 cm³/mol. The number of anilines is 3. The third-order valence-electron chi connectivity index (χ3n) is 7.32. The average molecular weight is 474 g/mol. The first-order chi connectivity index (χ1) is 16.5. The number of amides is 2. The van der Waals surface area contributed by atoms with Gasteiger partial charge in [0.05, 0.1) is 45.5 Å². The number of nitrogens with two attached hydrogens (primary N) is 1. The molecule has 35 heavy (non-hydrogen) atoms. The molecule has 0 radical (unpaired) electrons. The van der Waals surface area contributed by atoms with Gasteiger partial charge in [-0.3, -0.25) is 14.7 Å². The van der Waals surface area contributed by atoms with Crippen molar-refractivity contribution in [3.8, 4) is 6.07 Å². The van der Waals surface area contributed by atoms with Crippen LogP contribution in [0.5, 0.6) is 0 Å². The average Bonchev–Trinajstić information content (AvgIpc) is 3.58. The normalized spacial score (nSPS) is 19.2. The summed E-state index contributed by atoms with van der Waals surface area (Å²) in [4.78, 5) is 33.1. The molecule has 5 rings (SSSR count). The highest BCUT2D eigenvalue weighted by atomic mass is 16.6. The van der Waals surface area contributed by atoms with Crippen molar-refractivity contribution in [3.63, 3.8) is 0 Å². The molecular formula is C27H31N5O3. The molecule has 3 aliphatic rings. The van der Waals surface area contributed by atoms with Crippen LogP contribution in [0.25, 0.3) is 0 Å². The van der Waals surface area contributed by atoms with Gasteiger partial charge in [-0.25, -0.2) is 4.79 Å². The minimum Gasteiger partial charge on any atom is -0.443 e. The van der Waals surface area contributed by atoms with E-state index in [1.165, 1.54) is 0 Å². The number of benzene rings is 1. The molecular weight excluding hydrogens is 442 g/mol. The van der Waals surface area contributed by atoms with Crippen molar-refractivity contribution < 1.29 is 14.3 Å². The van der Waals surface area contributed by atoms with Crippen LogP contribution < -0.4 is 16.0 Å². The number of nitriles is 1. The van der Waals surface area contributed by atoms with Crippen LogP contribution in [0.3, 0.4) is 0 Å². The van der Waals surface area contributed by atoms with Gasteiger partial charge in [-0.15, -0.1) is 0 Å². The van der Waals surface area contributed by atoms with E-state index in [1.807, 2.05) is 32.9 Å². The smallest absolute Gasteiger partial charge is 0.414 e. The SMILES string of the molecule is CC(C)(C)OC(=O)N1CCCc2nc(C3(C(=O)Nc4cc(C#N)ccc4N)CC4(CC4)C3)ccc21. The second kappa shape index (κ2) is 7.98. The second-order valence-corrected chi connectivity index (χ2v) is 11.2. The van der Waals surface area contributed by atoms with Crippen LogP contribution >= 0.6 is 0 Å². The molecule has 2 amide bonds. The van der Waals surface area contributed by atoms with Crippen LogP contribution in [-0.2, 0) is 21.4 Å². The summed E-state index contributed by atoms with van der Waals surface area (Å²) < 4.78 is 5.59. The first-order valence-corrected chi connectivity index (χ1v) is 12.2. The van der Waals surface area contributed by atoms with Gasteiger partial charge in [-0.1, -0.05) is 0 Å². The van der Waals surface area contributed by atoms with Crippen LogP contribution in [0.1, 0.15) is 69.8 Å². The molecule has 1 spiro atoms. The number of nitrogens with one attached hydrogen (secondary N) is 1. The molecule has 0 unspecified atom stereocenters. The fraction of sp³-hybridized carbons (Fsp3) is 0.481. The Hall–Kier alpha value is -3.60. The van der Waals surface area contributed by atoms with Crippen molar-refractivity contribution in [3.05, 3.63) is 47.3 Å². The number of carbonyl (C=O) groups is 2. The van der Waals surface area contributed by atoms with Crippen molar-refractivity contribution >= 4 is 29.1 Å². The molecule has 2 fully saturated rings. The van der Waals surface area contributed by atoms with Gasteiger partial charge in [-0.2, -0.15) is 5.26 Å². The van der Waals surface area contributed by atoms with Gasteiger partial charge in [0, 0.05) is 6.54 Å². The lowest BCUT2D eigenvalue weighted by Gasteiger charge is -2.47. The third-order valence-corrected chi connectivity index (χ3v) is 7.32. The fourth-order valence-electron chi connectivity index (χ4n) is 5.41. The molecule has 3 N–H and O–H groups in total. The number of pyridine rings is 1. The van der Waals surface area contributed by atoms with Gasteiger partial charge < -0.3 is 15.8 Å². The number of fused-ring (bicyclic) bond motifs is 1. The molecule has 2 aromatic rings. The number of aryl methyl sites for hydroxylation is 1. The highest BCUT2D eigenvalue weighted by molar-refractivity contribution is 6.02. The summed E-state index contributed by atoms with van der Waals surface area (Å²) in [5, 5.41) is 12.2. The predicted octanol–water partition coefficient (Wildman–Crippen LogP) is 4.67.